The number of fused-ring (bicyclic) bond motifs is 1. The lowest BCUT2D eigenvalue weighted by Crippen LogP contribution is -2.06. The van der Waals surface area contributed by atoms with Crippen molar-refractivity contribution in [1.29, 1.82) is 5.26 Å². The number of rotatable bonds is 3. The summed E-state index contributed by atoms with van der Waals surface area (Å²) in [5.41, 5.74) is 1.89. The Hall–Kier alpha value is -1.75. The highest BCUT2D eigenvalue weighted by atomic mass is 15.0. The first-order valence-electron chi connectivity index (χ1n) is 6.12. The fraction of sp³-hybridized carbons (Fsp3) is 0.400. The van der Waals surface area contributed by atoms with Gasteiger partial charge in [-0.2, -0.15) is 5.26 Å². The molecule has 0 saturated carbocycles. The van der Waals surface area contributed by atoms with E-state index in [1.165, 1.54) is 5.39 Å². The van der Waals surface area contributed by atoms with Crippen molar-refractivity contribution in [3.8, 4) is 6.07 Å². The van der Waals surface area contributed by atoms with E-state index in [4.69, 9.17) is 5.26 Å². The molecule has 1 heterocycles. The van der Waals surface area contributed by atoms with Crippen molar-refractivity contribution in [2.75, 3.05) is 0 Å². The maximum Gasteiger partial charge on any atom is 0.0992 e. The van der Waals surface area contributed by atoms with Gasteiger partial charge in [0.2, 0.25) is 0 Å². The monoisotopic (exact) mass is 226 g/mol. The molecule has 2 aromatic rings. The van der Waals surface area contributed by atoms with E-state index in [0.29, 0.717) is 12.0 Å². The minimum Gasteiger partial charge on any atom is -0.345 e. The van der Waals surface area contributed by atoms with Crippen LogP contribution in [-0.2, 0) is 0 Å². The third-order valence-electron chi connectivity index (χ3n) is 3.14. The summed E-state index contributed by atoms with van der Waals surface area (Å²) >= 11 is 0. The SMILES string of the molecule is CC(C)CC(C)n1ccc2ccc(C#N)cc21. The molecule has 1 aromatic heterocycles. The summed E-state index contributed by atoms with van der Waals surface area (Å²) in [6, 6.07) is 10.7. The van der Waals surface area contributed by atoms with Gasteiger partial charge >= 0.3 is 0 Å². The Morgan fingerprint density at radius 3 is 2.65 bits per heavy atom. The summed E-state index contributed by atoms with van der Waals surface area (Å²) in [7, 11) is 0. The number of benzene rings is 1. The Kier molecular flexibility index (Phi) is 3.19. The third kappa shape index (κ3) is 2.34. The molecule has 17 heavy (non-hydrogen) atoms. The minimum atomic E-state index is 0.474. The van der Waals surface area contributed by atoms with Crippen molar-refractivity contribution >= 4 is 10.9 Å². The van der Waals surface area contributed by atoms with Gasteiger partial charge in [-0.25, -0.2) is 0 Å². The fourth-order valence-corrected chi connectivity index (χ4v) is 2.40. The van der Waals surface area contributed by atoms with E-state index in [2.05, 4.69) is 43.7 Å². The molecule has 0 fully saturated rings. The van der Waals surface area contributed by atoms with Crippen LogP contribution in [0.4, 0.5) is 0 Å². The molecule has 0 aliphatic rings. The second kappa shape index (κ2) is 4.63. The number of nitriles is 1. The quantitative estimate of drug-likeness (QED) is 0.773. The molecule has 2 rings (SSSR count). The molecule has 0 amide bonds. The molecule has 0 radical (unpaired) electrons. The third-order valence-corrected chi connectivity index (χ3v) is 3.14. The predicted molar refractivity (Wildman–Crippen MR) is 70.8 cm³/mol. The highest BCUT2D eigenvalue weighted by Crippen LogP contribution is 2.25. The Labute approximate surface area is 102 Å². The maximum absolute atomic E-state index is 8.95. The molecule has 0 spiro atoms. The van der Waals surface area contributed by atoms with Crippen LogP contribution in [-0.4, -0.2) is 4.57 Å². The molecule has 88 valence electrons. The van der Waals surface area contributed by atoms with Gasteiger partial charge in [-0.05, 0) is 42.8 Å². The summed E-state index contributed by atoms with van der Waals surface area (Å²) in [6.45, 7) is 6.71. The molecular weight excluding hydrogens is 208 g/mol. The maximum atomic E-state index is 8.95. The predicted octanol–water partition coefficient (Wildman–Crippen LogP) is 4.12. The second-order valence-corrected chi connectivity index (χ2v) is 5.09. The number of hydrogen-bond acceptors (Lipinski definition) is 1. The first kappa shape index (κ1) is 11.7. The molecular formula is C15H18N2. The summed E-state index contributed by atoms with van der Waals surface area (Å²) in [4.78, 5) is 0. The molecule has 2 heteroatoms. The van der Waals surface area contributed by atoms with Gasteiger partial charge in [0.15, 0.2) is 0 Å². The standard InChI is InChI=1S/C15H18N2/c1-11(2)8-12(3)17-7-6-14-5-4-13(10-16)9-15(14)17/h4-7,9,11-12H,8H2,1-3H3. The van der Waals surface area contributed by atoms with E-state index in [1.807, 2.05) is 18.2 Å². The first-order chi connectivity index (χ1) is 8.11. The topological polar surface area (TPSA) is 28.7 Å². The van der Waals surface area contributed by atoms with E-state index >= 15 is 0 Å². The van der Waals surface area contributed by atoms with E-state index < -0.39 is 0 Å². The summed E-state index contributed by atoms with van der Waals surface area (Å²) in [5, 5.41) is 10.2. The van der Waals surface area contributed by atoms with Gasteiger partial charge < -0.3 is 4.57 Å². The van der Waals surface area contributed by atoms with Gasteiger partial charge in [-0.3, -0.25) is 0 Å². The van der Waals surface area contributed by atoms with Crippen molar-refractivity contribution < 1.29 is 0 Å². The van der Waals surface area contributed by atoms with Crippen molar-refractivity contribution in [1.82, 2.24) is 4.57 Å². The van der Waals surface area contributed by atoms with Crippen LogP contribution in [0, 0.1) is 17.2 Å². The number of nitrogens with zero attached hydrogens (tertiary/aromatic N) is 2. The molecule has 1 aromatic carbocycles. The van der Waals surface area contributed by atoms with Crippen LogP contribution < -0.4 is 0 Å². The zero-order chi connectivity index (χ0) is 12.4. The minimum absolute atomic E-state index is 0.474. The highest BCUT2D eigenvalue weighted by molar-refractivity contribution is 5.81. The largest absolute Gasteiger partial charge is 0.345 e. The van der Waals surface area contributed by atoms with E-state index in [1.54, 1.807) is 0 Å². The molecule has 1 atom stereocenters. The van der Waals surface area contributed by atoms with Crippen molar-refractivity contribution in [3.05, 3.63) is 36.0 Å². The zero-order valence-electron chi connectivity index (χ0n) is 10.6. The van der Waals surface area contributed by atoms with E-state index in [-0.39, 0.29) is 0 Å². The van der Waals surface area contributed by atoms with E-state index in [0.717, 1.165) is 17.5 Å². The molecule has 1 unspecified atom stereocenters. The molecule has 0 N–H and O–H groups in total. The molecule has 0 aliphatic carbocycles. The van der Waals surface area contributed by atoms with Crippen LogP contribution in [0.1, 0.15) is 38.8 Å². The Morgan fingerprint density at radius 1 is 1.24 bits per heavy atom. The summed E-state index contributed by atoms with van der Waals surface area (Å²) in [5.74, 6) is 0.682. The normalized spacial score (nSPS) is 12.9. The van der Waals surface area contributed by atoms with Crippen LogP contribution in [0.5, 0.6) is 0 Å². The van der Waals surface area contributed by atoms with Crippen LogP contribution in [0.15, 0.2) is 30.5 Å². The second-order valence-electron chi connectivity index (χ2n) is 5.09. The number of aromatic nitrogens is 1. The lowest BCUT2D eigenvalue weighted by Gasteiger charge is -2.17. The Balaban J connectivity index is 2.44. The van der Waals surface area contributed by atoms with Gasteiger partial charge in [0.1, 0.15) is 0 Å². The van der Waals surface area contributed by atoms with Gasteiger partial charge in [0, 0.05) is 17.8 Å². The molecule has 0 bridgehead atoms. The summed E-state index contributed by atoms with van der Waals surface area (Å²) < 4.78 is 2.27. The zero-order valence-corrected chi connectivity index (χ0v) is 10.6. The smallest absolute Gasteiger partial charge is 0.0992 e. The van der Waals surface area contributed by atoms with Gasteiger partial charge in [0.05, 0.1) is 11.6 Å². The average Bonchev–Trinajstić information content (AvgIpc) is 2.70. The van der Waals surface area contributed by atoms with Crippen LogP contribution in [0.3, 0.4) is 0 Å². The van der Waals surface area contributed by atoms with Crippen molar-refractivity contribution in [3.63, 3.8) is 0 Å². The number of hydrogen-bond donors (Lipinski definition) is 0. The van der Waals surface area contributed by atoms with Crippen molar-refractivity contribution in [2.45, 2.75) is 33.2 Å². The molecule has 0 aliphatic heterocycles. The highest BCUT2D eigenvalue weighted by Gasteiger charge is 2.10. The van der Waals surface area contributed by atoms with Crippen LogP contribution in [0.2, 0.25) is 0 Å². The Morgan fingerprint density at radius 2 is 2.00 bits per heavy atom. The molecule has 0 saturated heterocycles. The lowest BCUT2D eigenvalue weighted by molar-refractivity contribution is 0.437. The Bertz CT molecular complexity index is 558. The van der Waals surface area contributed by atoms with Crippen LogP contribution in [0.25, 0.3) is 10.9 Å². The van der Waals surface area contributed by atoms with Gasteiger partial charge in [0.25, 0.3) is 0 Å². The fourth-order valence-electron chi connectivity index (χ4n) is 2.40. The first-order valence-corrected chi connectivity index (χ1v) is 6.12. The van der Waals surface area contributed by atoms with Gasteiger partial charge in [-0.15, -0.1) is 0 Å². The van der Waals surface area contributed by atoms with Gasteiger partial charge in [-0.1, -0.05) is 19.9 Å². The average molecular weight is 226 g/mol. The van der Waals surface area contributed by atoms with E-state index in [9.17, 15) is 0 Å². The van der Waals surface area contributed by atoms with Crippen molar-refractivity contribution in [2.24, 2.45) is 5.92 Å². The molecule has 2 nitrogen and oxygen atoms in total. The lowest BCUT2D eigenvalue weighted by atomic mass is 10.0. The van der Waals surface area contributed by atoms with Crippen LogP contribution >= 0.6 is 0 Å². The summed E-state index contributed by atoms with van der Waals surface area (Å²) in [6.07, 6.45) is 3.28.